The van der Waals surface area contributed by atoms with Crippen molar-refractivity contribution in [3.05, 3.63) is 29.8 Å². The molecule has 0 spiro atoms. The summed E-state index contributed by atoms with van der Waals surface area (Å²) in [4.78, 5) is 14.5. The van der Waals surface area contributed by atoms with Crippen LogP contribution in [-0.2, 0) is 10.0 Å². The van der Waals surface area contributed by atoms with E-state index in [1.54, 1.807) is 36.2 Å². The molecule has 3 unspecified atom stereocenters. The van der Waals surface area contributed by atoms with Crippen LogP contribution in [0, 0.1) is 11.8 Å². The van der Waals surface area contributed by atoms with Crippen LogP contribution in [0.15, 0.2) is 29.2 Å². The Morgan fingerprint density at radius 2 is 2.00 bits per heavy atom. The summed E-state index contributed by atoms with van der Waals surface area (Å²) in [5.41, 5.74) is 6.40. The van der Waals surface area contributed by atoms with Crippen LogP contribution in [-0.4, -0.2) is 56.3 Å². The lowest BCUT2D eigenvalue weighted by molar-refractivity contribution is 0.0789. The van der Waals surface area contributed by atoms with Gasteiger partial charge in [-0.15, -0.1) is 0 Å². The molecule has 0 radical (unpaired) electrons. The monoisotopic (exact) mass is 379 g/mol. The molecule has 1 aromatic carbocycles. The second-order valence-corrected chi connectivity index (χ2v) is 9.47. The number of rotatable bonds is 6. The van der Waals surface area contributed by atoms with Gasteiger partial charge in [-0.1, -0.05) is 25.5 Å². The molecule has 1 saturated heterocycles. The molecule has 1 saturated carbocycles. The molecule has 1 amide bonds. The summed E-state index contributed by atoms with van der Waals surface area (Å²) in [6.07, 6.45) is 3.83. The summed E-state index contributed by atoms with van der Waals surface area (Å²) in [5, 5.41) is 0. The zero-order valence-corrected chi connectivity index (χ0v) is 16.4. The molecular formula is C19H29N3O3S. The summed E-state index contributed by atoms with van der Waals surface area (Å²) in [5.74, 6) is 0.337. The zero-order chi connectivity index (χ0) is 18.9. The molecular weight excluding hydrogens is 350 g/mol. The van der Waals surface area contributed by atoms with E-state index in [9.17, 15) is 13.2 Å². The van der Waals surface area contributed by atoms with Crippen LogP contribution in [0.3, 0.4) is 0 Å². The normalized spacial score (nSPS) is 26.0. The largest absolute Gasteiger partial charge is 0.342 e. The topological polar surface area (TPSA) is 83.7 Å². The van der Waals surface area contributed by atoms with E-state index in [0.717, 1.165) is 25.7 Å². The average Bonchev–Trinajstić information content (AvgIpc) is 3.22. The fourth-order valence-electron chi connectivity index (χ4n) is 4.17. The molecule has 1 aromatic rings. The van der Waals surface area contributed by atoms with Gasteiger partial charge in [0.15, 0.2) is 0 Å². The third-order valence-corrected chi connectivity index (χ3v) is 7.70. The van der Waals surface area contributed by atoms with Crippen LogP contribution < -0.4 is 5.73 Å². The molecule has 0 bridgehead atoms. The second-order valence-electron chi connectivity index (χ2n) is 7.56. The van der Waals surface area contributed by atoms with Crippen LogP contribution in [0.1, 0.15) is 43.0 Å². The fraction of sp³-hybridized carbons (Fsp3) is 0.632. The van der Waals surface area contributed by atoms with Gasteiger partial charge in [0.25, 0.3) is 5.91 Å². The number of carbonyl (C=O) groups is 1. The summed E-state index contributed by atoms with van der Waals surface area (Å²) in [7, 11) is -1.98. The van der Waals surface area contributed by atoms with Gasteiger partial charge in [0.2, 0.25) is 10.0 Å². The standard InChI is InChI=1S/C19H29N3O3S/c1-3-4-11-21(2)19(23)15-7-5-6-8-18(15)26(24,25)22-12-14-9-10-17(20)16(14)13-22/h5-8,14,16-17H,3-4,9-13,20H2,1-2H3. The van der Waals surface area contributed by atoms with E-state index in [-0.39, 0.29) is 28.3 Å². The van der Waals surface area contributed by atoms with E-state index in [0.29, 0.717) is 25.6 Å². The maximum absolute atomic E-state index is 13.2. The molecule has 26 heavy (non-hydrogen) atoms. The summed E-state index contributed by atoms with van der Waals surface area (Å²) in [6, 6.07) is 6.63. The molecule has 1 aliphatic carbocycles. The first-order valence-corrected chi connectivity index (χ1v) is 10.9. The number of unbranched alkanes of at least 4 members (excludes halogenated alkanes) is 1. The summed E-state index contributed by atoms with van der Waals surface area (Å²) >= 11 is 0. The van der Waals surface area contributed by atoms with E-state index in [1.165, 1.54) is 4.31 Å². The maximum atomic E-state index is 13.2. The average molecular weight is 380 g/mol. The highest BCUT2D eigenvalue weighted by Gasteiger charge is 2.45. The first kappa shape index (κ1) is 19.3. The highest BCUT2D eigenvalue weighted by atomic mass is 32.2. The van der Waals surface area contributed by atoms with E-state index >= 15 is 0 Å². The Morgan fingerprint density at radius 1 is 1.27 bits per heavy atom. The molecule has 0 aromatic heterocycles. The predicted octanol–water partition coefficient (Wildman–Crippen LogP) is 1.92. The molecule has 2 N–H and O–H groups in total. The van der Waals surface area contributed by atoms with Crippen LogP contribution in [0.5, 0.6) is 0 Å². The number of amides is 1. The van der Waals surface area contributed by atoms with Crippen molar-refractivity contribution in [2.24, 2.45) is 17.6 Å². The molecule has 2 fully saturated rings. The van der Waals surface area contributed by atoms with Gasteiger partial charge in [-0.05, 0) is 43.2 Å². The first-order chi connectivity index (χ1) is 12.4. The minimum absolute atomic E-state index is 0.0808. The maximum Gasteiger partial charge on any atom is 0.254 e. The van der Waals surface area contributed by atoms with Gasteiger partial charge in [0.05, 0.1) is 10.5 Å². The number of fused-ring (bicyclic) bond motifs is 1. The summed E-state index contributed by atoms with van der Waals surface area (Å²) < 4.78 is 28.0. The van der Waals surface area contributed by atoms with Gasteiger partial charge in [0, 0.05) is 32.7 Å². The molecule has 6 nitrogen and oxygen atoms in total. The second kappa shape index (κ2) is 7.66. The number of nitrogens with two attached hydrogens (primary N) is 1. The number of hydrogen-bond acceptors (Lipinski definition) is 4. The smallest absolute Gasteiger partial charge is 0.254 e. The fourth-order valence-corrected chi connectivity index (χ4v) is 5.89. The Morgan fingerprint density at radius 3 is 2.69 bits per heavy atom. The number of carbonyl (C=O) groups excluding carboxylic acids is 1. The molecule has 2 aliphatic rings. The lowest BCUT2D eigenvalue weighted by Crippen LogP contribution is -2.35. The van der Waals surface area contributed by atoms with E-state index in [2.05, 4.69) is 6.92 Å². The van der Waals surface area contributed by atoms with Crippen molar-refractivity contribution in [1.29, 1.82) is 0 Å². The predicted molar refractivity (Wildman–Crippen MR) is 101 cm³/mol. The zero-order valence-electron chi connectivity index (χ0n) is 15.6. The van der Waals surface area contributed by atoms with Crippen molar-refractivity contribution in [2.75, 3.05) is 26.7 Å². The third-order valence-electron chi connectivity index (χ3n) is 5.81. The Labute approximate surface area is 156 Å². The Kier molecular flexibility index (Phi) is 5.69. The van der Waals surface area contributed by atoms with E-state index in [1.807, 2.05) is 0 Å². The van der Waals surface area contributed by atoms with Crippen molar-refractivity contribution in [2.45, 2.75) is 43.5 Å². The van der Waals surface area contributed by atoms with Gasteiger partial charge in [-0.2, -0.15) is 4.31 Å². The van der Waals surface area contributed by atoms with E-state index < -0.39 is 10.0 Å². The summed E-state index contributed by atoms with van der Waals surface area (Å²) in [6.45, 7) is 3.65. The molecule has 1 heterocycles. The Hall–Kier alpha value is -1.44. The number of hydrogen-bond donors (Lipinski definition) is 1. The number of nitrogens with zero attached hydrogens (tertiary/aromatic N) is 2. The van der Waals surface area contributed by atoms with Crippen molar-refractivity contribution >= 4 is 15.9 Å². The lowest BCUT2D eigenvalue weighted by atomic mass is 9.98. The Balaban J connectivity index is 1.86. The molecule has 144 valence electrons. The number of benzene rings is 1. The lowest BCUT2D eigenvalue weighted by Gasteiger charge is -2.22. The number of sulfonamides is 1. The molecule has 3 rings (SSSR count). The van der Waals surface area contributed by atoms with Gasteiger partial charge in [0.1, 0.15) is 0 Å². The molecule has 1 aliphatic heterocycles. The minimum Gasteiger partial charge on any atom is -0.342 e. The van der Waals surface area contributed by atoms with Crippen molar-refractivity contribution in [1.82, 2.24) is 9.21 Å². The first-order valence-electron chi connectivity index (χ1n) is 9.46. The van der Waals surface area contributed by atoms with Crippen molar-refractivity contribution in [3.8, 4) is 0 Å². The third kappa shape index (κ3) is 3.52. The van der Waals surface area contributed by atoms with Crippen LogP contribution in [0.4, 0.5) is 0 Å². The highest BCUT2D eigenvalue weighted by molar-refractivity contribution is 7.89. The van der Waals surface area contributed by atoms with Gasteiger partial charge < -0.3 is 10.6 Å². The van der Waals surface area contributed by atoms with Crippen molar-refractivity contribution < 1.29 is 13.2 Å². The van der Waals surface area contributed by atoms with Gasteiger partial charge in [-0.25, -0.2) is 8.42 Å². The van der Waals surface area contributed by atoms with E-state index in [4.69, 9.17) is 5.73 Å². The van der Waals surface area contributed by atoms with Crippen LogP contribution in [0.25, 0.3) is 0 Å². The molecule has 7 heteroatoms. The van der Waals surface area contributed by atoms with Crippen LogP contribution >= 0.6 is 0 Å². The van der Waals surface area contributed by atoms with Gasteiger partial charge >= 0.3 is 0 Å². The van der Waals surface area contributed by atoms with Crippen molar-refractivity contribution in [3.63, 3.8) is 0 Å². The minimum atomic E-state index is -3.70. The SMILES string of the molecule is CCCCN(C)C(=O)c1ccccc1S(=O)(=O)N1CC2CCC(N)C2C1. The van der Waals surface area contributed by atoms with Crippen LogP contribution in [0.2, 0.25) is 0 Å². The molecule has 3 atom stereocenters. The van der Waals surface area contributed by atoms with Gasteiger partial charge in [-0.3, -0.25) is 4.79 Å². The Bertz CT molecular complexity index is 765. The highest BCUT2D eigenvalue weighted by Crippen LogP contribution is 2.39. The quantitative estimate of drug-likeness (QED) is 0.818.